The summed E-state index contributed by atoms with van der Waals surface area (Å²) in [5.74, 6) is -0.853. The van der Waals surface area contributed by atoms with Crippen LogP contribution in [0.15, 0.2) is 22.7 Å². The summed E-state index contributed by atoms with van der Waals surface area (Å²) >= 11 is 3.16. The van der Waals surface area contributed by atoms with Gasteiger partial charge in [-0.25, -0.2) is 4.39 Å². The van der Waals surface area contributed by atoms with E-state index in [0.717, 1.165) is 0 Å². The van der Waals surface area contributed by atoms with Gasteiger partial charge in [0.05, 0.1) is 5.56 Å². The minimum Gasteiger partial charge on any atom is -0.341 e. The molecule has 5 heteroatoms. The number of halogens is 2. The van der Waals surface area contributed by atoms with Crippen LogP contribution in [-0.2, 0) is 0 Å². The third kappa shape index (κ3) is 3.78. The summed E-state index contributed by atoms with van der Waals surface area (Å²) < 4.78 is 14.3. The van der Waals surface area contributed by atoms with Gasteiger partial charge in [-0.3, -0.25) is 4.79 Å². The van der Waals surface area contributed by atoms with Crippen molar-refractivity contribution < 1.29 is 9.18 Å². The van der Waals surface area contributed by atoms with E-state index < -0.39 is 5.82 Å². The van der Waals surface area contributed by atoms with Crippen molar-refractivity contribution in [2.24, 2.45) is 11.1 Å². The molecule has 100 valence electrons. The van der Waals surface area contributed by atoms with E-state index in [1.54, 1.807) is 13.1 Å². The first-order valence-corrected chi connectivity index (χ1v) is 6.47. The van der Waals surface area contributed by atoms with Crippen LogP contribution in [0.3, 0.4) is 0 Å². The quantitative estimate of drug-likeness (QED) is 0.928. The average Bonchev–Trinajstić information content (AvgIpc) is 2.27. The van der Waals surface area contributed by atoms with Crippen LogP contribution in [0.25, 0.3) is 0 Å². The SMILES string of the molecule is CN(CC(C)(C)CN)C(=O)c1ccc(Br)cc1F. The summed E-state index contributed by atoms with van der Waals surface area (Å²) in [4.78, 5) is 13.6. The zero-order chi connectivity index (χ0) is 13.9. The third-order valence-corrected chi connectivity index (χ3v) is 3.22. The van der Waals surface area contributed by atoms with Gasteiger partial charge in [-0.1, -0.05) is 29.8 Å². The van der Waals surface area contributed by atoms with Crippen molar-refractivity contribution in [2.75, 3.05) is 20.1 Å². The first kappa shape index (κ1) is 15.1. The van der Waals surface area contributed by atoms with E-state index in [1.807, 2.05) is 13.8 Å². The van der Waals surface area contributed by atoms with E-state index in [4.69, 9.17) is 5.73 Å². The number of nitrogens with zero attached hydrogens (tertiary/aromatic N) is 1. The Morgan fingerprint density at radius 2 is 2.11 bits per heavy atom. The zero-order valence-corrected chi connectivity index (χ0v) is 12.4. The molecule has 0 saturated carbocycles. The van der Waals surface area contributed by atoms with Crippen LogP contribution in [0.1, 0.15) is 24.2 Å². The molecular weight excluding hydrogens is 299 g/mol. The van der Waals surface area contributed by atoms with Crippen molar-refractivity contribution in [3.63, 3.8) is 0 Å². The molecule has 1 amide bonds. The lowest BCUT2D eigenvalue weighted by Crippen LogP contribution is -2.40. The Balaban J connectivity index is 2.87. The number of carbonyl (C=O) groups excluding carboxylic acids is 1. The Hall–Kier alpha value is -0.940. The van der Waals surface area contributed by atoms with Crippen molar-refractivity contribution in [2.45, 2.75) is 13.8 Å². The Labute approximate surface area is 115 Å². The molecule has 0 aromatic heterocycles. The van der Waals surface area contributed by atoms with Gasteiger partial charge in [0.2, 0.25) is 0 Å². The molecule has 0 aliphatic heterocycles. The number of amides is 1. The predicted octanol–water partition coefficient (Wildman–Crippen LogP) is 2.65. The topological polar surface area (TPSA) is 46.3 Å². The predicted molar refractivity (Wildman–Crippen MR) is 73.9 cm³/mol. The second-order valence-corrected chi connectivity index (χ2v) is 6.07. The lowest BCUT2D eigenvalue weighted by molar-refractivity contribution is 0.0736. The maximum atomic E-state index is 13.7. The second-order valence-electron chi connectivity index (χ2n) is 5.15. The fraction of sp³-hybridized carbons (Fsp3) is 0.462. The Kier molecular flexibility index (Phi) is 4.87. The first-order chi connectivity index (χ1) is 8.26. The van der Waals surface area contributed by atoms with Crippen LogP contribution in [0.5, 0.6) is 0 Å². The highest BCUT2D eigenvalue weighted by atomic mass is 79.9. The zero-order valence-electron chi connectivity index (χ0n) is 10.8. The highest BCUT2D eigenvalue weighted by Crippen LogP contribution is 2.19. The van der Waals surface area contributed by atoms with Crippen LogP contribution in [0, 0.1) is 11.2 Å². The summed E-state index contributed by atoms with van der Waals surface area (Å²) in [6.45, 7) is 4.88. The molecule has 0 aliphatic carbocycles. The molecule has 3 nitrogen and oxygen atoms in total. The molecule has 18 heavy (non-hydrogen) atoms. The monoisotopic (exact) mass is 316 g/mol. The van der Waals surface area contributed by atoms with Crippen LogP contribution in [-0.4, -0.2) is 30.9 Å². The lowest BCUT2D eigenvalue weighted by atomic mass is 9.93. The van der Waals surface area contributed by atoms with Gasteiger partial charge in [0.15, 0.2) is 0 Å². The van der Waals surface area contributed by atoms with Crippen molar-refractivity contribution in [1.29, 1.82) is 0 Å². The molecule has 0 atom stereocenters. The largest absolute Gasteiger partial charge is 0.341 e. The molecule has 1 rings (SSSR count). The highest BCUT2D eigenvalue weighted by molar-refractivity contribution is 9.10. The van der Waals surface area contributed by atoms with Crippen molar-refractivity contribution in [1.82, 2.24) is 4.90 Å². The van der Waals surface area contributed by atoms with Crippen LogP contribution in [0.4, 0.5) is 4.39 Å². The number of rotatable bonds is 4. The fourth-order valence-electron chi connectivity index (χ4n) is 1.65. The molecule has 0 bridgehead atoms. The fourth-order valence-corrected chi connectivity index (χ4v) is 1.98. The molecule has 1 aromatic carbocycles. The number of hydrogen-bond donors (Lipinski definition) is 1. The number of benzene rings is 1. The second kappa shape index (κ2) is 5.80. The molecule has 0 spiro atoms. The molecule has 0 fully saturated rings. The standard InChI is InChI=1S/C13H18BrFN2O/c1-13(2,7-16)8-17(3)12(18)10-5-4-9(14)6-11(10)15/h4-6H,7-8,16H2,1-3H3. The van der Waals surface area contributed by atoms with E-state index in [-0.39, 0.29) is 16.9 Å². The van der Waals surface area contributed by atoms with Gasteiger partial charge in [-0.2, -0.15) is 0 Å². The third-order valence-electron chi connectivity index (χ3n) is 2.73. The molecule has 0 heterocycles. The van der Waals surface area contributed by atoms with E-state index in [0.29, 0.717) is 17.6 Å². The van der Waals surface area contributed by atoms with Gasteiger partial charge < -0.3 is 10.6 Å². The van der Waals surface area contributed by atoms with Crippen molar-refractivity contribution in [3.8, 4) is 0 Å². The Bertz CT molecular complexity index is 449. The molecule has 1 aromatic rings. The van der Waals surface area contributed by atoms with Gasteiger partial charge in [0, 0.05) is 18.1 Å². The molecule has 0 aliphatic rings. The summed E-state index contributed by atoms with van der Waals surface area (Å²) in [5, 5.41) is 0. The summed E-state index contributed by atoms with van der Waals surface area (Å²) in [6.07, 6.45) is 0. The number of hydrogen-bond acceptors (Lipinski definition) is 2. The van der Waals surface area contributed by atoms with Crippen molar-refractivity contribution in [3.05, 3.63) is 34.1 Å². The summed E-state index contributed by atoms with van der Waals surface area (Å²) in [5.41, 5.74) is 5.52. The van der Waals surface area contributed by atoms with E-state index in [2.05, 4.69) is 15.9 Å². The van der Waals surface area contributed by atoms with Crippen LogP contribution in [0.2, 0.25) is 0 Å². The van der Waals surface area contributed by atoms with Crippen LogP contribution >= 0.6 is 15.9 Å². The van der Waals surface area contributed by atoms with Gasteiger partial charge in [0.25, 0.3) is 5.91 Å². The normalized spacial score (nSPS) is 11.4. The molecule has 0 saturated heterocycles. The summed E-state index contributed by atoms with van der Waals surface area (Å²) in [6, 6.07) is 4.42. The van der Waals surface area contributed by atoms with Crippen LogP contribution < -0.4 is 5.73 Å². The average molecular weight is 317 g/mol. The van der Waals surface area contributed by atoms with E-state index in [9.17, 15) is 9.18 Å². The summed E-state index contributed by atoms with van der Waals surface area (Å²) in [7, 11) is 1.65. The molecule has 0 radical (unpaired) electrons. The number of nitrogens with two attached hydrogens (primary N) is 1. The highest BCUT2D eigenvalue weighted by Gasteiger charge is 2.23. The minimum absolute atomic E-state index is 0.0773. The van der Waals surface area contributed by atoms with Gasteiger partial charge in [-0.15, -0.1) is 0 Å². The van der Waals surface area contributed by atoms with E-state index >= 15 is 0 Å². The molecule has 2 N–H and O–H groups in total. The van der Waals surface area contributed by atoms with E-state index in [1.165, 1.54) is 17.0 Å². The van der Waals surface area contributed by atoms with Gasteiger partial charge in [0.1, 0.15) is 5.82 Å². The molecular formula is C13H18BrFN2O. The lowest BCUT2D eigenvalue weighted by Gasteiger charge is -2.29. The smallest absolute Gasteiger partial charge is 0.256 e. The maximum absolute atomic E-state index is 13.7. The van der Waals surface area contributed by atoms with Gasteiger partial charge in [-0.05, 0) is 30.2 Å². The Morgan fingerprint density at radius 3 is 2.61 bits per heavy atom. The minimum atomic E-state index is -0.522. The van der Waals surface area contributed by atoms with Gasteiger partial charge >= 0.3 is 0 Å². The first-order valence-electron chi connectivity index (χ1n) is 5.67. The Morgan fingerprint density at radius 1 is 1.50 bits per heavy atom. The maximum Gasteiger partial charge on any atom is 0.256 e. The van der Waals surface area contributed by atoms with Crippen molar-refractivity contribution >= 4 is 21.8 Å². The number of carbonyl (C=O) groups is 1. The molecule has 0 unspecified atom stereocenters.